The van der Waals surface area contributed by atoms with E-state index in [1.807, 2.05) is 24.3 Å². The molecule has 3 aromatic rings. The molecule has 24 heavy (non-hydrogen) atoms. The van der Waals surface area contributed by atoms with Crippen molar-refractivity contribution in [1.82, 2.24) is 19.9 Å². The lowest BCUT2D eigenvalue weighted by molar-refractivity contribution is 1.15. The number of nitriles is 4. The third-order valence-electron chi connectivity index (χ3n) is 3.71. The molecule has 0 bridgehead atoms. The summed E-state index contributed by atoms with van der Waals surface area (Å²) in [7, 11) is 0. The number of fused-ring (bicyclic) bond motifs is 3. The second kappa shape index (κ2) is 5.25. The van der Waals surface area contributed by atoms with E-state index in [1.165, 1.54) is 0 Å². The minimum atomic E-state index is -0.126. The van der Waals surface area contributed by atoms with Crippen LogP contribution in [0.5, 0.6) is 0 Å². The summed E-state index contributed by atoms with van der Waals surface area (Å²) in [5, 5.41) is 36.6. The Morgan fingerprint density at radius 2 is 0.750 bits per heavy atom. The van der Waals surface area contributed by atoms with Gasteiger partial charge in [0.25, 0.3) is 0 Å². The predicted molar refractivity (Wildman–Crippen MR) is 81.0 cm³/mol. The van der Waals surface area contributed by atoms with Crippen molar-refractivity contribution >= 4 is 22.1 Å². The van der Waals surface area contributed by atoms with E-state index in [9.17, 15) is 0 Å². The fraction of sp³-hybridized carbons (Fsp3) is 0.125. The highest BCUT2D eigenvalue weighted by molar-refractivity contribution is 6.03. The summed E-state index contributed by atoms with van der Waals surface area (Å²) in [6.07, 6.45) is 0. The number of aromatic nitrogens is 4. The van der Waals surface area contributed by atoms with E-state index in [-0.39, 0.29) is 33.8 Å². The van der Waals surface area contributed by atoms with E-state index in [2.05, 4.69) is 19.9 Å². The van der Waals surface area contributed by atoms with Crippen LogP contribution in [-0.2, 0) is 0 Å². The number of rotatable bonds is 0. The maximum absolute atomic E-state index is 9.15. The van der Waals surface area contributed by atoms with Gasteiger partial charge in [-0.2, -0.15) is 21.0 Å². The first-order valence-corrected chi connectivity index (χ1v) is 6.68. The first-order valence-electron chi connectivity index (χ1n) is 6.68. The van der Waals surface area contributed by atoms with Crippen molar-refractivity contribution in [2.75, 3.05) is 0 Å². The molecule has 8 nitrogen and oxygen atoms in total. The molecule has 0 unspecified atom stereocenters. The van der Waals surface area contributed by atoms with Gasteiger partial charge in [-0.3, -0.25) is 0 Å². The van der Waals surface area contributed by atoms with E-state index < -0.39 is 0 Å². The van der Waals surface area contributed by atoms with Crippen LogP contribution in [0.25, 0.3) is 22.1 Å². The molecule has 0 atom stereocenters. The molecule has 0 amide bonds. The zero-order valence-electron chi connectivity index (χ0n) is 12.6. The van der Waals surface area contributed by atoms with Crippen LogP contribution < -0.4 is 0 Å². The average molecular weight is 310 g/mol. The maximum Gasteiger partial charge on any atom is 0.177 e. The summed E-state index contributed by atoms with van der Waals surface area (Å²) in [6.45, 7) is 3.57. The topological polar surface area (TPSA) is 147 Å². The number of hydrogen-bond donors (Lipinski definition) is 0. The molecule has 0 saturated heterocycles. The van der Waals surface area contributed by atoms with E-state index in [1.54, 1.807) is 13.8 Å². The van der Waals surface area contributed by atoms with Gasteiger partial charge in [0.15, 0.2) is 22.8 Å². The van der Waals surface area contributed by atoms with Gasteiger partial charge in [-0.25, -0.2) is 19.9 Å². The first kappa shape index (κ1) is 14.8. The van der Waals surface area contributed by atoms with E-state index in [0.717, 1.165) is 0 Å². The molecule has 0 spiro atoms. The Labute approximate surface area is 135 Å². The average Bonchev–Trinajstić information content (AvgIpc) is 2.63. The molecule has 0 radical (unpaired) electrons. The molecule has 0 fully saturated rings. The van der Waals surface area contributed by atoms with E-state index >= 15 is 0 Å². The Balaban J connectivity index is 2.65. The maximum atomic E-state index is 9.15. The van der Waals surface area contributed by atoms with Gasteiger partial charge in [-0.15, -0.1) is 0 Å². The number of benzene rings is 1. The van der Waals surface area contributed by atoms with Crippen LogP contribution in [0, 0.1) is 59.2 Å². The SMILES string of the molecule is Cc1c(C)c2nc(C#N)c(C#N)nc2c2nc(C#N)c(C#N)nc12. The summed E-state index contributed by atoms with van der Waals surface area (Å²) in [5.41, 5.74) is 2.41. The highest BCUT2D eigenvalue weighted by Gasteiger charge is 2.19. The van der Waals surface area contributed by atoms with E-state index in [4.69, 9.17) is 21.0 Å². The number of nitrogens with zero attached hydrogens (tertiary/aromatic N) is 8. The lowest BCUT2D eigenvalue weighted by atomic mass is 10.0. The molecule has 0 N–H and O–H groups in total. The molecule has 3 rings (SSSR count). The van der Waals surface area contributed by atoms with Gasteiger partial charge in [-0.1, -0.05) is 0 Å². The Morgan fingerprint density at radius 3 is 1.00 bits per heavy atom. The minimum Gasteiger partial charge on any atom is -0.232 e. The lowest BCUT2D eigenvalue weighted by Crippen LogP contribution is -2.04. The predicted octanol–water partition coefficient (Wildman–Crippen LogP) is 1.68. The number of hydrogen-bond acceptors (Lipinski definition) is 8. The third kappa shape index (κ3) is 1.89. The van der Waals surface area contributed by atoms with Gasteiger partial charge in [-0.05, 0) is 25.0 Å². The van der Waals surface area contributed by atoms with Crippen molar-refractivity contribution in [1.29, 1.82) is 21.0 Å². The molecular weight excluding hydrogens is 304 g/mol. The Hall–Kier alpha value is -4.14. The van der Waals surface area contributed by atoms with Gasteiger partial charge >= 0.3 is 0 Å². The molecule has 2 aromatic heterocycles. The summed E-state index contributed by atoms with van der Waals surface area (Å²) in [4.78, 5) is 16.8. The van der Waals surface area contributed by atoms with Crippen LogP contribution in [0.2, 0.25) is 0 Å². The normalized spacial score (nSPS) is 9.92. The Bertz CT molecular complexity index is 1120. The van der Waals surface area contributed by atoms with Crippen LogP contribution in [-0.4, -0.2) is 19.9 Å². The van der Waals surface area contributed by atoms with Crippen molar-refractivity contribution in [2.24, 2.45) is 0 Å². The molecule has 8 heteroatoms. The highest BCUT2D eigenvalue weighted by atomic mass is 14.9. The molecule has 0 saturated carbocycles. The summed E-state index contributed by atoms with van der Waals surface area (Å²) < 4.78 is 0. The second-order valence-corrected chi connectivity index (χ2v) is 4.93. The fourth-order valence-corrected chi connectivity index (χ4v) is 2.39. The summed E-state index contributed by atoms with van der Waals surface area (Å²) in [5.74, 6) is 0. The monoisotopic (exact) mass is 310 g/mol. The van der Waals surface area contributed by atoms with Crippen LogP contribution in [0.1, 0.15) is 33.9 Å². The van der Waals surface area contributed by atoms with Crippen LogP contribution in [0.4, 0.5) is 0 Å². The van der Waals surface area contributed by atoms with Crippen molar-refractivity contribution in [2.45, 2.75) is 13.8 Å². The molecule has 0 aliphatic heterocycles. The Kier molecular flexibility index (Phi) is 3.23. The Morgan fingerprint density at radius 1 is 0.500 bits per heavy atom. The van der Waals surface area contributed by atoms with Crippen molar-refractivity contribution < 1.29 is 0 Å². The fourth-order valence-electron chi connectivity index (χ4n) is 2.39. The zero-order chi connectivity index (χ0) is 17.4. The first-order chi connectivity index (χ1) is 11.5. The van der Waals surface area contributed by atoms with Gasteiger partial charge in [0.2, 0.25) is 0 Å². The van der Waals surface area contributed by atoms with E-state index in [0.29, 0.717) is 22.2 Å². The van der Waals surface area contributed by atoms with Gasteiger partial charge < -0.3 is 0 Å². The van der Waals surface area contributed by atoms with Crippen molar-refractivity contribution in [3.63, 3.8) is 0 Å². The standard InChI is InChI=1S/C16H6N8/c1-7-8(2)14-16(24-12(6-20)10(4-18)22-14)15-13(7)21-9(3-17)11(5-19)23-15/h1-2H3. The van der Waals surface area contributed by atoms with Crippen molar-refractivity contribution in [3.05, 3.63) is 33.9 Å². The quantitative estimate of drug-likeness (QED) is 0.569. The van der Waals surface area contributed by atoms with Crippen LogP contribution in [0.15, 0.2) is 0 Å². The zero-order valence-corrected chi connectivity index (χ0v) is 12.6. The summed E-state index contributed by atoms with van der Waals surface area (Å²) in [6, 6.07) is 7.35. The highest BCUT2D eigenvalue weighted by Crippen LogP contribution is 2.29. The smallest absolute Gasteiger partial charge is 0.177 e. The molecular formula is C16H6N8. The minimum absolute atomic E-state index is 0.0750. The third-order valence-corrected chi connectivity index (χ3v) is 3.71. The largest absolute Gasteiger partial charge is 0.232 e. The summed E-state index contributed by atoms with van der Waals surface area (Å²) >= 11 is 0. The molecule has 1 aromatic carbocycles. The number of aryl methyl sites for hydroxylation is 2. The molecule has 0 aliphatic rings. The van der Waals surface area contributed by atoms with Crippen LogP contribution >= 0.6 is 0 Å². The van der Waals surface area contributed by atoms with Crippen molar-refractivity contribution in [3.8, 4) is 24.3 Å². The van der Waals surface area contributed by atoms with Gasteiger partial charge in [0, 0.05) is 0 Å². The van der Waals surface area contributed by atoms with Gasteiger partial charge in [0.1, 0.15) is 35.3 Å². The van der Waals surface area contributed by atoms with Gasteiger partial charge in [0.05, 0.1) is 11.0 Å². The lowest BCUT2D eigenvalue weighted by Gasteiger charge is -2.10. The second-order valence-electron chi connectivity index (χ2n) is 4.93. The molecule has 110 valence electrons. The molecule has 2 heterocycles. The van der Waals surface area contributed by atoms with Crippen LogP contribution in [0.3, 0.4) is 0 Å². The molecule has 0 aliphatic carbocycles.